The topological polar surface area (TPSA) is 83.8 Å². The summed E-state index contributed by atoms with van der Waals surface area (Å²) in [7, 11) is 2.13. The Hall–Kier alpha value is -3.13. The number of carbonyl (C=O) groups excluding carboxylic acids is 1. The van der Waals surface area contributed by atoms with E-state index in [-0.39, 0.29) is 5.91 Å². The summed E-state index contributed by atoms with van der Waals surface area (Å²) in [5.41, 5.74) is 3.57. The maximum absolute atomic E-state index is 12.5. The fraction of sp³-hybridized carbons (Fsp3) is 0.552. The van der Waals surface area contributed by atoms with Crippen LogP contribution >= 0.6 is 0 Å². The molecule has 0 spiro atoms. The average molecular weight is 503 g/mol. The Morgan fingerprint density at radius 3 is 2.54 bits per heavy atom. The lowest BCUT2D eigenvalue weighted by Crippen LogP contribution is -2.37. The third-order valence-electron chi connectivity index (χ3n) is 8.20. The van der Waals surface area contributed by atoms with Crippen molar-refractivity contribution in [2.45, 2.75) is 69.9 Å². The number of benzene rings is 1. The van der Waals surface area contributed by atoms with Crippen LogP contribution in [0.1, 0.15) is 68.1 Å². The normalized spacial score (nSPS) is 19.2. The van der Waals surface area contributed by atoms with Crippen molar-refractivity contribution in [2.24, 2.45) is 5.92 Å². The van der Waals surface area contributed by atoms with Gasteiger partial charge < -0.3 is 20.3 Å². The van der Waals surface area contributed by atoms with Crippen LogP contribution in [0.4, 0.5) is 11.6 Å². The molecule has 3 heterocycles. The Morgan fingerprint density at radius 2 is 1.81 bits per heavy atom. The van der Waals surface area contributed by atoms with Gasteiger partial charge in [0.1, 0.15) is 5.82 Å². The lowest BCUT2D eigenvalue weighted by Gasteiger charge is -2.32. The van der Waals surface area contributed by atoms with Crippen molar-refractivity contribution < 1.29 is 9.53 Å². The van der Waals surface area contributed by atoms with Gasteiger partial charge in [0.25, 0.3) is 5.91 Å². The first-order valence-corrected chi connectivity index (χ1v) is 14.0. The molecule has 1 amide bonds. The molecule has 0 unspecified atom stereocenters. The van der Waals surface area contributed by atoms with E-state index >= 15 is 0 Å². The fourth-order valence-corrected chi connectivity index (χ4v) is 5.68. The smallest absolute Gasteiger partial charge is 0.251 e. The molecule has 0 radical (unpaired) electrons. The Balaban J connectivity index is 1.31. The molecule has 2 aliphatic carbocycles. The van der Waals surface area contributed by atoms with Gasteiger partial charge in [-0.3, -0.25) is 9.20 Å². The quantitative estimate of drug-likeness (QED) is 0.456. The van der Waals surface area contributed by atoms with Crippen LogP contribution in [-0.4, -0.2) is 59.2 Å². The number of hydrogen-bond acceptors (Lipinski definition) is 6. The molecule has 2 N–H and O–H groups in total. The zero-order chi connectivity index (χ0) is 25.2. The van der Waals surface area contributed by atoms with Gasteiger partial charge in [-0.1, -0.05) is 31.4 Å². The second-order valence-corrected chi connectivity index (χ2v) is 11.0. The van der Waals surface area contributed by atoms with Crippen LogP contribution in [-0.2, 0) is 4.74 Å². The average Bonchev–Trinajstić information content (AvgIpc) is 3.67. The summed E-state index contributed by atoms with van der Waals surface area (Å²) in [5.74, 6) is 2.49. The molecule has 3 fully saturated rings. The van der Waals surface area contributed by atoms with Gasteiger partial charge in [-0.15, -0.1) is 0 Å². The van der Waals surface area contributed by atoms with Crippen molar-refractivity contribution in [1.82, 2.24) is 19.7 Å². The van der Waals surface area contributed by atoms with E-state index in [1.165, 1.54) is 32.1 Å². The van der Waals surface area contributed by atoms with Crippen LogP contribution in [0.2, 0.25) is 0 Å². The minimum atomic E-state index is 0.00552. The van der Waals surface area contributed by atoms with Crippen LogP contribution in [0, 0.1) is 5.92 Å². The second-order valence-electron chi connectivity index (χ2n) is 11.0. The first-order chi connectivity index (χ1) is 18.2. The number of rotatable bonds is 8. The summed E-state index contributed by atoms with van der Waals surface area (Å²) >= 11 is 0. The third-order valence-corrected chi connectivity index (χ3v) is 8.20. The molecule has 8 heteroatoms. The van der Waals surface area contributed by atoms with E-state index in [2.05, 4.69) is 33.2 Å². The molecule has 1 aromatic carbocycles. The number of nitrogens with zero attached hydrogens (tertiary/aromatic N) is 4. The van der Waals surface area contributed by atoms with Gasteiger partial charge in [0.15, 0.2) is 11.5 Å². The minimum absolute atomic E-state index is 0.00552. The highest BCUT2D eigenvalue weighted by atomic mass is 16.5. The molecule has 2 aromatic heterocycles. The Labute approximate surface area is 218 Å². The Kier molecular flexibility index (Phi) is 7.00. The molecule has 1 aliphatic heterocycles. The largest absolute Gasteiger partial charge is 0.381 e. The molecule has 3 aromatic rings. The monoisotopic (exact) mass is 502 g/mol. The van der Waals surface area contributed by atoms with Crippen LogP contribution in [0.25, 0.3) is 16.9 Å². The highest BCUT2D eigenvalue weighted by Gasteiger charge is 2.25. The maximum Gasteiger partial charge on any atom is 0.251 e. The first kappa shape index (κ1) is 24.2. The SMILES string of the molecule is CN(c1nc(NCC2CCCCC2)cn2c(-c3ccc(C(=O)NC4CC4)cc3)cnc12)C1CCOCC1. The van der Waals surface area contributed by atoms with Gasteiger partial charge in [0.2, 0.25) is 0 Å². The third kappa shape index (κ3) is 5.44. The zero-order valence-corrected chi connectivity index (χ0v) is 21.8. The molecule has 3 aliphatic rings. The molecule has 196 valence electrons. The Bertz CT molecular complexity index is 1220. The van der Waals surface area contributed by atoms with Crippen molar-refractivity contribution >= 4 is 23.2 Å². The van der Waals surface area contributed by atoms with Crippen molar-refractivity contribution in [3.8, 4) is 11.3 Å². The predicted octanol–water partition coefficient (Wildman–Crippen LogP) is 4.90. The van der Waals surface area contributed by atoms with Crippen molar-refractivity contribution in [2.75, 3.05) is 37.0 Å². The number of nitrogens with one attached hydrogen (secondary N) is 2. The van der Waals surface area contributed by atoms with E-state index in [1.807, 2.05) is 30.5 Å². The van der Waals surface area contributed by atoms with Crippen LogP contribution in [0.3, 0.4) is 0 Å². The minimum Gasteiger partial charge on any atom is -0.381 e. The van der Waals surface area contributed by atoms with E-state index < -0.39 is 0 Å². The molecular weight excluding hydrogens is 464 g/mol. The maximum atomic E-state index is 12.5. The summed E-state index contributed by atoms with van der Waals surface area (Å²) in [4.78, 5) is 24.6. The van der Waals surface area contributed by atoms with E-state index in [1.54, 1.807) is 0 Å². The summed E-state index contributed by atoms with van der Waals surface area (Å²) in [5, 5.41) is 6.72. The lowest BCUT2D eigenvalue weighted by molar-refractivity contribution is 0.0854. The van der Waals surface area contributed by atoms with Crippen LogP contribution < -0.4 is 15.5 Å². The van der Waals surface area contributed by atoms with Gasteiger partial charge in [0.05, 0.1) is 18.1 Å². The highest BCUT2D eigenvalue weighted by Crippen LogP contribution is 2.31. The van der Waals surface area contributed by atoms with Crippen molar-refractivity contribution in [1.29, 1.82) is 0 Å². The summed E-state index contributed by atoms with van der Waals surface area (Å²) in [6.45, 7) is 2.52. The van der Waals surface area contributed by atoms with Gasteiger partial charge in [-0.25, -0.2) is 9.97 Å². The number of aromatic nitrogens is 3. The zero-order valence-electron chi connectivity index (χ0n) is 21.8. The van der Waals surface area contributed by atoms with E-state index in [9.17, 15) is 4.79 Å². The molecule has 37 heavy (non-hydrogen) atoms. The highest BCUT2D eigenvalue weighted by molar-refractivity contribution is 5.95. The number of imidazole rings is 1. The summed E-state index contributed by atoms with van der Waals surface area (Å²) in [6.07, 6.45) is 14.8. The number of carbonyl (C=O) groups is 1. The van der Waals surface area contributed by atoms with Gasteiger partial charge in [-0.05, 0) is 56.6 Å². The van der Waals surface area contributed by atoms with Crippen LogP contribution in [0.15, 0.2) is 36.7 Å². The molecule has 1 saturated heterocycles. The van der Waals surface area contributed by atoms with Crippen molar-refractivity contribution in [3.63, 3.8) is 0 Å². The van der Waals surface area contributed by atoms with Gasteiger partial charge in [-0.2, -0.15) is 0 Å². The molecule has 2 saturated carbocycles. The molecule has 0 atom stereocenters. The second kappa shape index (κ2) is 10.7. The number of hydrogen-bond donors (Lipinski definition) is 2. The standard InChI is InChI=1S/C29H38N6O2/c1-34(24-13-15-37-16-14-24)28-27-31-18-25(21-7-9-22(10-8-21)29(36)32-23-11-12-23)35(27)19-26(33-28)30-17-20-5-3-2-4-6-20/h7-10,18-20,23-24,30H,2-6,11-17H2,1H3,(H,32,36). The van der Waals surface area contributed by atoms with E-state index in [0.717, 1.165) is 74.0 Å². The molecule has 0 bridgehead atoms. The molecule has 8 nitrogen and oxygen atoms in total. The molecule has 6 rings (SSSR count). The first-order valence-electron chi connectivity index (χ1n) is 14.0. The summed E-state index contributed by atoms with van der Waals surface area (Å²) in [6, 6.07) is 8.58. The molecular formula is C29H38N6O2. The summed E-state index contributed by atoms with van der Waals surface area (Å²) < 4.78 is 7.76. The number of ether oxygens (including phenoxy) is 1. The van der Waals surface area contributed by atoms with E-state index in [4.69, 9.17) is 14.7 Å². The number of amides is 1. The van der Waals surface area contributed by atoms with Crippen molar-refractivity contribution in [3.05, 3.63) is 42.2 Å². The van der Waals surface area contributed by atoms with E-state index in [0.29, 0.717) is 23.6 Å². The van der Waals surface area contributed by atoms with Gasteiger partial charge in [0, 0.05) is 50.0 Å². The Morgan fingerprint density at radius 1 is 1.05 bits per heavy atom. The number of fused-ring (bicyclic) bond motifs is 1. The fourth-order valence-electron chi connectivity index (χ4n) is 5.68. The van der Waals surface area contributed by atoms with Crippen LogP contribution in [0.5, 0.6) is 0 Å². The lowest BCUT2D eigenvalue weighted by atomic mass is 9.89. The number of anilines is 2. The predicted molar refractivity (Wildman–Crippen MR) is 146 cm³/mol. The van der Waals surface area contributed by atoms with Gasteiger partial charge >= 0.3 is 0 Å².